The maximum atomic E-state index is 5.58. The van der Waals surface area contributed by atoms with Gasteiger partial charge in [-0.05, 0) is 68.3 Å². The zero-order chi connectivity index (χ0) is 13.2. The van der Waals surface area contributed by atoms with Crippen molar-refractivity contribution in [3.05, 3.63) is 28.8 Å². The van der Waals surface area contributed by atoms with E-state index in [9.17, 15) is 0 Å². The van der Waals surface area contributed by atoms with Crippen LogP contribution in [-0.4, -0.2) is 20.7 Å². The molecule has 1 aliphatic carbocycles. The molecular formula is C16H25NO. The normalized spacial score (nSPS) is 17.3. The van der Waals surface area contributed by atoms with Gasteiger partial charge in [0.05, 0.1) is 7.11 Å². The number of aryl methyl sites for hydroxylation is 2. The van der Waals surface area contributed by atoms with Gasteiger partial charge in [0.15, 0.2) is 0 Å². The second-order valence-corrected chi connectivity index (χ2v) is 5.82. The maximum Gasteiger partial charge on any atom is 0.122 e. The Labute approximate surface area is 111 Å². The average Bonchev–Trinajstić information content (AvgIpc) is 2.28. The molecule has 2 nitrogen and oxygen atoms in total. The topological polar surface area (TPSA) is 21.3 Å². The summed E-state index contributed by atoms with van der Waals surface area (Å²) in [6.07, 6.45) is 5.19. The summed E-state index contributed by atoms with van der Waals surface area (Å²) < 4.78 is 5.58. The first-order valence-electron chi connectivity index (χ1n) is 6.89. The Balaban J connectivity index is 2.27. The van der Waals surface area contributed by atoms with Crippen molar-refractivity contribution < 1.29 is 4.74 Å². The van der Waals surface area contributed by atoms with Crippen LogP contribution in [0.5, 0.6) is 5.75 Å². The average molecular weight is 247 g/mol. The molecule has 2 rings (SSSR count). The minimum Gasteiger partial charge on any atom is -0.496 e. The molecule has 1 fully saturated rings. The quantitative estimate of drug-likeness (QED) is 0.862. The Bertz CT molecular complexity index is 421. The van der Waals surface area contributed by atoms with E-state index >= 15 is 0 Å². The summed E-state index contributed by atoms with van der Waals surface area (Å²) in [5.41, 5.74) is 4.51. The predicted molar refractivity (Wildman–Crippen MR) is 76.4 cm³/mol. The molecule has 1 saturated carbocycles. The number of hydrogen-bond donors (Lipinski definition) is 1. The van der Waals surface area contributed by atoms with Gasteiger partial charge >= 0.3 is 0 Å². The van der Waals surface area contributed by atoms with Crippen LogP contribution in [0.15, 0.2) is 12.1 Å². The van der Waals surface area contributed by atoms with Gasteiger partial charge in [0, 0.05) is 6.54 Å². The van der Waals surface area contributed by atoms with Crippen LogP contribution in [0.3, 0.4) is 0 Å². The molecule has 1 N–H and O–H groups in total. The monoisotopic (exact) mass is 247 g/mol. The summed E-state index contributed by atoms with van der Waals surface area (Å²) in [6, 6.07) is 4.43. The Kier molecular flexibility index (Phi) is 3.96. The SMILES string of the molecule is CNCC1(Cc2c(C)cc(C)cc2OC)CCC1. The van der Waals surface area contributed by atoms with Crippen molar-refractivity contribution in [1.29, 1.82) is 0 Å². The van der Waals surface area contributed by atoms with Crippen LogP contribution in [0.2, 0.25) is 0 Å². The van der Waals surface area contributed by atoms with Crippen LogP contribution in [0, 0.1) is 19.3 Å². The number of rotatable bonds is 5. The van der Waals surface area contributed by atoms with Gasteiger partial charge in [0.1, 0.15) is 5.75 Å². The number of ether oxygens (including phenoxy) is 1. The number of methoxy groups -OCH3 is 1. The second-order valence-electron chi connectivity index (χ2n) is 5.82. The van der Waals surface area contributed by atoms with Gasteiger partial charge in [-0.3, -0.25) is 0 Å². The first-order chi connectivity index (χ1) is 8.60. The zero-order valence-electron chi connectivity index (χ0n) is 12.1. The fourth-order valence-corrected chi connectivity index (χ4v) is 3.21. The van der Waals surface area contributed by atoms with Gasteiger partial charge < -0.3 is 10.1 Å². The first kappa shape index (κ1) is 13.4. The Morgan fingerprint density at radius 3 is 2.50 bits per heavy atom. The van der Waals surface area contributed by atoms with E-state index in [0.29, 0.717) is 5.41 Å². The zero-order valence-corrected chi connectivity index (χ0v) is 12.1. The van der Waals surface area contributed by atoms with Crippen LogP contribution < -0.4 is 10.1 Å². The lowest BCUT2D eigenvalue weighted by molar-refractivity contribution is 0.132. The minimum absolute atomic E-state index is 0.460. The highest BCUT2D eigenvalue weighted by Gasteiger charge is 2.37. The molecule has 0 amide bonds. The highest BCUT2D eigenvalue weighted by Crippen LogP contribution is 2.45. The molecule has 0 aliphatic heterocycles. The Morgan fingerprint density at radius 1 is 1.28 bits per heavy atom. The van der Waals surface area contributed by atoms with E-state index in [-0.39, 0.29) is 0 Å². The third-order valence-electron chi connectivity index (χ3n) is 4.31. The third-order valence-corrected chi connectivity index (χ3v) is 4.31. The van der Waals surface area contributed by atoms with Crippen LogP contribution >= 0.6 is 0 Å². The van der Waals surface area contributed by atoms with Crippen LogP contribution in [0.1, 0.15) is 36.0 Å². The smallest absolute Gasteiger partial charge is 0.122 e. The van der Waals surface area contributed by atoms with Crippen LogP contribution in [0.4, 0.5) is 0 Å². The summed E-state index contributed by atoms with van der Waals surface area (Å²) in [4.78, 5) is 0. The molecule has 1 aliphatic rings. The molecule has 0 bridgehead atoms. The van der Waals surface area contributed by atoms with E-state index in [1.54, 1.807) is 7.11 Å². The highest BCUT2D eigenvalue weighted by molar-refractivity contribution is 5.43. The molecule has 1 aromatic carbocycles. The fraction of sp³-hybridized carbons (Fsp3) is 0.625. The predicted octanol–water partition coefficient (Wildman–Crippen LogP) is 3.24. The van der Waals surface area contributed by atoms with Crippen LogP contribution in [0.25, 0.3) is 0 Å². The van der Waals surface area contributed by atoms with Crippen molar-refractivity contribution in [3.8, 4) is 5.75 Å². The molecule has 0 atom stereocenters. The molecule has 0 saturated heterocycles. The lowest BCUT2D eigenvalue weighted by atomic mass is 9.65. The van der Waals surface area contributed by atoms with E-state index in [0.717, 1.165) is 18.7 Å². The third kappa shape index (κ3) is 2.54. The summed E-state index contributed by atoms with van der Waals surface area (Å²) in [7, 11) is 3.84. The molecule has 1 aromatic rings. The molecule has 0 unspecified atom stereocenters. The number of nitrogens with one attached hydrogen (secondary N) is 1. The van der Waals surface area contributed by atoms with Crippen molar-refractivity contribution in [2.75, 3.05) is 20.7 Å². The fourth-order valence-electron chi connectivity index (χ4n) is 3.21. The molecule has 18 heavy (non-hydrogen) atoms. The van der Waals surface area contributed by atoms with E-state index in [1.807, 2.05) is 0 Å². The van der Waals surface area contributed by atoms with E-state index in [2.05, 4.69) is 38.3 Å². The molecular weight excluding hydrogens is 222 g/mol. The largest absolute Gasteiger partial charge is 0.496 e. The second kappa shape index (κ2) is 5.31. The van der Waals surface area contributed by atoms with Crippen molar-refractivity contribution >= 4 is 0 Å². The number of hydrogen-bond acceptors (Lipinski definition) is 2. The lowest BCUT2D eigenvalue weighted by Gasteiger charge is -2.42. The summed E-state index contributed by atoms with van der Waals surface area (Å²) in [6.45, 7) is 5.45. The summed E-state index contributed by atoms with van der Waals surface area (Å²) in [5, 5.41) is 3.36. The standard InChI is InChI=1S/C16H25NO/c1-12-8-13(2)14(15(9-12)18-4)10-16(11-17-3)6-5-7-16/h8-9,17H,5-7,10-11H2,1-4H3. The summed E-state index contributed by atoms with van der Waals surface area (Å²) >= 11 is 0. The number of benzene rings is 1. The van der Waals surface area contributed by atoms with Gasteiger partial charge in [-0.25, -0.2) is 0 Å². The molecule has 2 heteroatoms. The molecule has 0 aromatic heterocycles. The van der Waals surface area contributed by atoms with Crippen molar-refractivity contribution in [2.24, 2.45) is 5.41 Å². The molecule has 0 heterocycles. The minimum atomic E-state index is 0.460. The van der Waals surface area contributed by atoms with E-state index in [1.165, 1.54) is 36.0 Å². The van der Waals surface area contributed by atoms with Gasteiger partial charge in [-0.1, -0.05) is 12.5 Å². The van der Waals surface area contributed by atoms with Crippen LogP contribution in [-0.2, 0) is 6.42 Å². The Morgan fingerprint density at radius 2 is 2.00 bits per heavy atom. The Hall–Kier alpha value is -1.02. The van der Waals surface area contributed by atoms with Crippen molar-refractivity contribution in [2.45, 2.75) is 39.5 Å². The van der Waals surface area contributed by atoms with Gasteiger partial charge in [0.2, 0.25) is 0 Å². The van der Waals surface area contributed by atoms with E-state index < -0.39 is 0 Å². The molecule has 0 spiro atoms. The first-order valence-corrected chi connectivity index (χ1v) is 6.89. The van der Waals surface area contributed by atoms with Crippen molar-refractivity contribution in [1.82, 2.24) is 5.32 Å². The lowest BCUT2D eigenvalue weighted by Crippen LogP contribution is -2.40. The maximum absolute atomic E-state index is 5.58. The van der Waals surface area contributed by atoms with Gasteiger partial charge in [-0.15, -0.1) is 0 Å². The highest BCUT2D eigenvalue weighted by atomic mass is 16.5. The van der Waals surface area contributed by atoms with E-state index in [4.69, 9.17) is 4.74 Å². The molecule has 0 radical (unpaired) electrons. The summed E-state index contributed by atoms with van der Waals surface area (Å²) in [5.74, 6) is 1.06. The van der Waals surface area contributed by atoms with Gasteiger partial charge in [0.25, 0.3) is 0 Å². The molecule has 100 valence electrons. The van der Waals surface area contributed by atoms with Gasteiger partial charge in [-0.2, -0.15) is 0 Å². The van der Waals surface area contributed by atoms with Crippen molar-refractivity contribution in [3.63, 3.8) is 0 Å².